The van der Waals surface area contributed by atoms with Crippen LogP contribution in [-0.4, -0.2) is 86.1 Å². The Morgan fingerprint density at radius 1 is 0.450 bits per heavy atom. The molecule has 60 heavy (non-hydrogen) atoms. The maximum absolute atomic E-state index is 13.6. The van der Waals surface area contributed by atoms with Gasteiger partial charge in [-0.15, -0.1) is 0 Å². The number of aliphatic hydroxyl groups is 2. The fourth-order valence-electron chi connectivity index (χ4n) is 7.84. The van der Waals surface area contributed by atoms with Crippen molar-refractivity contribution in [2.45, 2.75) is 88.3 Å². The predicted octanol–water partition coefficient (Wildman–Crippen LogP) is 6.87. The van der Waals surface area contributed by atoms with Crippen molar-refractivity contribution in [3.8, 4) is 0 Å². The van der Waals surface area contributed by atoms with Gasteiger partial charge in [0, 0.05) is 35.1 Å². The lowest BCUT2D eigenvalue weighted by molar-refractivity contribution is 0.0116. The van der Waals surface area contributed by atoms with Gasteiger partial charge >= 0.3 is 23.9 Å². The van der Waals surface area contributed by atoms with Crippen LogP contribution in [0.25, 0.3) is 0 Å². The SMILES string of the molecule is O=C(c1ccc(C(=O)OCCc2ccc(C(=O)C3(O)CCCCC3)cc2)c(C(=O)O)c1)c1ccc(C(=O)O)c(C(=O)OCCc2ccc(C(=O)C3(O)CCCCC3)cc2)c1. The Kier molecular flexibility index (Phi) is 13.5. The van der Waals surface area contributed by atoms with E-state index < -0.39 is 57.6 Å². The number of ether oxygens (including phenoxy) is 2. The van der Waals surface area contributed by atoms with Gasteiger partial charge in [-0.3, -0.25) is 14.4 Å². The molecule has 0 heterocycles. The van der Waals surface area contributed by atoms with Crippen LogP contribution in [0.2, 0.25) is 0 Å². The van der Waals surface area contributed by atoms with Crippen LogP contribution >= 0.6 is 0 Å². The lowest BCUT2D eigenvalue weighted by Crippen LogP contribution is -2.40. The van der Waals surface area contributed by atoms with Crippen LogP contribution in [0.4, 0.5) is 0 Å². The molecule has 2 fully saturated rings. The Labute approximate surface area is 346 Å². The highest BCUT2D eigenvalue weighted by atomic mass is 16.5. The number of ketones is 3. The standard InChI is InChI=1S/C47H46O13/c48-39(33-16-18-36(37(27-33)43(53)54)44(55)59-25-19-29-7-11-31(12-8-29)40(49)46(57)21-3-1-4-22-46)34-15-17-35(42(51)52)38(28-34)45(56)60-26-20-30-9-13-32(14-10-30)41(50)47(58)23-5-2-6-24-47/h7-18,27-28,57-58H,1-6,19-26H2,(H,51,52)(H,53,54). The average Bonchev–Trinajstić information content (AvgIpc) is 3.26. The molecule has 0 radical (unpaired) electrons. The summed E-state index contributed by atoms with van der Waals surface area (Å²) in [6, 6.07) is 19.8. The molecule has 13 nitrogen and oxygen atoms in total. The number of esters is 2. The molecule has 0 aromatic heterocycles. The van der Waals surface area contributed by atoms with E-state index >= 15 is 0 Å². The summed E-state index contributed by atoms with van der Waals surface area (Å²) in [5.74, 6) is -6.32. The number of rotatable bonds is 16. The number of hydrogen-bond donors (Lipinski definition) is 4. The average molecular weight is 819 g/mol. The normalized spacial score (nSPS) is 15.6. The molecule has 2 aliphatic rings. The fraction of sp³-hybridized carbons (Fsp3) is 0.340. The van der Waals surface area contributed by atoms with Crippen LogP contribution < -0.4 is 0 Å². The highest BCUT2D eigenvalue weighted by Crippen LogP contribution is 2.32. The molecule has 0 atom stereocenters. The molecule has 0 bridgehead atoms. The van der Waals surface area contributed by atoms with Crippen LogP contribution in [0.5, 0.6) is 0 Å². The number of hydrogen-bond acceptors (Lipinski definition) is 11. The second kappa shape index (κ2) is 18.7. The molecule has 2 aliphatic carbocycles. The molecule has 312 valence electrons. The Balaban J connectivity index is 1.07. The van der Waals surface area contributed by atoms with Crippen molar-refractivity contribution in [3.05, 3.63) is 141 Å². The minimum absolute atomic E-state index is 0.122. The van der Waals surface area contributed by atoms with E-state index in [0.717, 1.165) is 68.4 Å². The molecule has 4 aromatic rings. The number of aromatic carboxylic acids is 2. The van der Waals surface area contributed by atoms with E-state index in [-0.39, 0.29) is 54.3 Å². The molecule has 0 unspecified atom stereocenters. The number of carbonyl (C=O) groups excluding carboxylic acids is 5. The maximum atomic E-state index is 13.6. The molecule has 0 spiro atoms. The van der Waals surface area contributed by atoms with E-state index in [0.29, 0.717) is 42.4 Å². The smallest absolute Gasteiger partial charge is 0.339 e. The molecule has 4 N–H and O–H groups in total. The molecule has 6 rings (SSSR count). The first kappa shape index (κ1) is 43.3. The second-order valence-electron chi connectivity index (χ2n) is 15.5. The van der Waals surface area contributed by atoms with Crippen LogP contribution in [0.1, 0.15) is 153 Å². The number of benzene rings is 4. The Bertz CT molecular complexity index is 2290. The first-order valence-corrected chi connectivity index (χ1v) is 20.0. The van der Waals surface area contributed by atoms with Crippen molar-refractivity contribution < 1.29 is 63.5 Å². The number of Topliss-reactive ketones (excluding diaryl/α,β-unsaturated/α-hetero) is 2. The largest absolute Gasteiger partial charge is 0.478 e. The van der Waals surface area contributed by atoms with E-state index in [1.54, 1.807) is 48.5 Å². The van der Waals surface area contributed by atoms with Gasteiger partial charge < -0.3 is 29.9 Å². The van der Waals surface area contributed by atoms with Crippen molar-refractivity contribution in [2.24, 2.45) is 0 Å². The third kappa shape index (κ3) is 9.92. The van der Waals surface area contributed by atoms with Crippen LogP contribution in [-0.2, 0) is 22.3 Å². The zero-order valence-electron chi connectivity index (χ0n) is 32.9. The second-order valence-corrected chi connectivity index (χ2v) is 15.5. The van der Waals surface area contributed by atoms with Gasteiger partial charge in [0.15, 0.2) is 17.3 Å². The third-order valence-electron chi connectivity index (χ3n) is 11.4. The van der Waals surface area contributed by atoms with E-state index in [2.05, 4.69) is 0 Å². The lowest BCUT2D eigenvalue weighted by atomic mass is 9.79. The van der Waals surface area contributed by atoms with Crippen molar-refractivity contribution in [1.82, 2.24) is 0 Å². The summed E-state index contributed by atoms with van der Waals surface area (Å²) >= 11 is 0. The van der Waals surface area contributed by atoms with Gasteiger partial charge in [-0.05, 0) is 61.1 Å². The van der Waals surface area contributed by atoms with Gasteiger partial charge in [0.05, 0.1) is 35.5 Å². The summed E-state index contributed by atoms with van der Waals surface area (Å²) in [5.41, 5.74) is -2.47. The van der Waals surface area contributed by atoms with Crippen molar-refractivity contribution in [2.75, 3.05) is 13.2 Å². The molecule has 4 aromatic carbocycles. The number of carboxylic acids is 2. The van der Waals surface area contributed by atoms with E-state index in [1.165, 1.54) is 12.1 Å². The van der Waals surface area contributed by atoms with Crippen molar-refractivity contribution in [3.63, 3.8) is 0 Å². The summed E-state index contributed by atoms with van der Waals surface area (Å²) in [6.45, 7) is -0.283. The van der Waals surface area contributed by atoms with Gasteiger partial charge in [0.2, 0.25) is 0 Å². The Hall–Kier alpha value is -6.31. The lowest BCUT2D eigenvalue weighted by Gasteiger charge is -2.30. The maximum Gasteiger partial charge on any atom is 0.339 e. The van der Waals surface area contributed by atoms with Gasteiger partial charge in [-0.2, -0.15) is 0 Å². The molecular formula is C47H46O13. The molecule has 13 heteroatoms. The summed E-state index contributed by atoms with van der Waals surface area (Å²) < 4.78 is 10.7. The first-order chi connectivity index (χ1) is 28.7. The highest BCUT2D eigenvalue weighted by Gasteiger charge is 2.38. The Morgan fingerprint density at radius 2 is 0.817 bits per heavy atom. The van der Waals surface area contributed by atoms with Gasteiger partial charge in [0.1, 0.15) is 11.2 Å². The fourth-order valence-corrected chi connectivity index (χ4v) is 7.84. The first-order valence-electron chi connectivity index (χ1n) is 20.0. The predicted molar refractivity (Wildman–Crippen MR) is 216 cm³/mol. The van der Waals surface area contributed by atoms with Crippen molar-refractivity contribution >= 4 is 41.2 Å². The summed E-state index contributed by atoms with van der Waals surface area (Å²) in [7, 11) is 0. The highest BCUT2D eigenvalue weighted by molar-refractivity contribution is 6.13. The van der Waals surface area contributed by atoms with Crippen molar-refractivity contribution in [1.29, 1.82) is 0 Å². The molecule has 0 amide bonds. The quantitative estimate of drug-likeness (QED) is 0.0671. The van der Waals surface area contributed by atoms with Gasteiger partial charge in [-0.25, -0.2) is 19.2 Å². The van der Waals surface area contributed by atoms with Crippen LogP contribution in [0.3, 0.4) is 0 Å². The molecule has 0 aliphatic heterocycles. The third-order valence-corrected chi connectivity index (χ3v) is 11.4. The minimum atomic E-state index is -1.51. The summed E-state index contributed by atoms with van der Waals surface area (Å²) in [4.78, 5) is 89.8. The van der Waals surface area contributed by atoms with E-state index in [9.17, 15) is 54.0 Å². The monoisotopic (exact) mass is 818 g/mol. The van der Waals surface area contributed by atoms with Gasteiger partial charge in [-0.1, -0.05) is 99.2 Å². The zero-order chi connectivity index (χ0) is 43.0. The molecule has 0 saturated heterocycles. The minimum Gasteiger partial charge on any atom is -0.478 e. The molecule has 2 saturated carbocycles. The zero-order valence-corrected chi connectivity index (χ0v) is 32.9. The Morgan fingerprint density at radius 3 is 1.23 bits per heavy atom. The number of carbonyl (C=O) groups is 7. The van der Waals surface area contributed by atoms with E-state index in [1.807, 2.05) is 0 Å². The van der Waals surface area contributed by atoms with Crippen LogP contribution in [0, 0.1) is 0 Å². The van der Waals surface area contributed by atoms with E-state index in [4.69, 9.17) is 9.47 Å². The topological polar surface area (TPSA) is 219 Å². The van der Waals surface area contributed by atoms with Crippen LogP contribution in [0.15, 0.2) is 84.9 Å². The van der Waals surface area contributed by atoms with Gasteiger partial charge in [0.25, 0.3) is 0 Å². The summed E-state index contributed by atoms with van der Waals surface area (Å²) in [5, 5.41) is 41.3. The molecular weight excluding hydrogens is 773 g/mol. The number of carboxylic acid groups (broad SMARTS) is 2. The summed E-state index contributed by atoms with van der Waals surface area (Å²) in [6.07, 6.45) is 7.25.